The molecule has 1 unspecified atom stereocenters. The third-order valence-electron chi connectivity index (χ3n) is 7.44. The average Bonchev–Trinajstić information content (AvgIpc) is 3.32. The first-order valence-corrected chi connectivity index (χ1v) is 10.7. The van der Waals surface area contributed by atoms with E-state index in [0.717, 1.165) is 12.1 Å². The van der Waals surface area contributed by atoms with E-state index in [0.29, 0.717) is 48.2 Å². The molecule has 3 aliphatic heterocycles. The molecule has 0 saturated carbocycles. The second kappa shape index (κ2) is 6.76. The van der Waals surface area contributed by atoms with Gasteiger partial charge in [0.15, 0.2) is 11.9 Å². The van der Waals surface area contributed by atoms with Crippen LogP contribution in [0.2, 0.25) is 0 Å². The molecule has 0 radical (unpaired) electrons. The fraction of sp³-hybridized carbons (Fsp3) is 0.478. The summed E-state index contributed by atoms with van der Waals surface area (Å²) in [6.07, 6.45) is -2.17. The van der Waals surface area contributed by atoms with E-state index in [1.54, 1.807) is 24.2 Å². The highest BCUT2D eigenvalue weighted by molar-refractivity contribution is 6.05. The van der Waals surface area contributed by atoms with E-state index in [1.807, 2.05) is 6.92 Å². The Hall–Kier alpha value is -2.97. The molecule has 9 heteroatoms. The van der Waals surface area contributed by atoms with Crippen LogP contribution in [0.4, 0.5) is 13.2 Å². The summed E-state index contributed by atoms with van der Waals surface area (Å²) in [5.74, 6) is -0.261. The first kappa shape index (κ1) is 20.9. The second-order valence-electron chi connectivity index (χ2n) is 9.09. The number of nitrogens with zero attached hydrogens (tertiary/aromatic N) is 3. The number of likely N-dealkylation sites (tertiary alicyclic amines) is 1. The molecule has 168 valence electrons. The second-order valence-corrected chi connectivity index (χ2v) is 9.09. The van der Waals surface area contributed by atoms with Crippen molar-refractivity contribution in [1.29, 1.82) is 0 Å². The van der Waals surface area contributed by atoms with E-state index in [9.17, 15) is 22.8 Å². The first-order valence-electron chi connectivity index (χ1n) is 10.7. The summed E-state index contributed by atoms with van der Waals surface area (Å²) < 4.78 is 40.6. The van der Waals surface area contributed by atoms with Crippen molar-refractivity contribution in [1.82, 2.24) is 10.2 Å². The van der Waals surface area contributed by atoms with Crippen molar-refractivity contribution >= 4 is 11.7 Å². The van der Waals surface area contributed by atoms with Gasteiger partial charge in [-0.05, 0) is 24.5 Å². The molecule has 1 aliphatic carbocycles. The summed E-state index contributed by atoms with van der Waals surface area (Å²) >= 11 is 0. The summed E-state index contributed by atoms with van der Waals surface area (Å²) in [6.45, 7) is 2.44. The minimum Gasteiger partial charge on any atom is -0.362 e. The van der Waals surface area contributed by atoms with E-state index in [-0.39, 0.29) is 18.1 Å². The fourth-order valence-corrected chi connectivity index (χ4v) is 5.91. The summed E-state index contributed by atoms with van der Waals surface area (Å²) in [7, 11) is 1.73. The molecule has 1 fully saturated rings. The van der Waals surface area contributed by atoms with Crippen molar-refractivity contribution in [3.8, 4) is 0 Å². The Kier molecular flexibility index (Phi) is 4.42. The number of azo groups is 1. The van der Waals surface area contributed by atoms with Crippen molar-refractivity contribution in [3.63, 3.8) is 0 Å². The van der Waals surface area contributed by atoms with E-state index in [4.69, 9.17) is 0 Å². The normalized spacial score (nSPS) is 31.7. The summed E-state index contributed by atoms with van der Waals surface area (Å²) in [5, 5.41) is 11.5. The van der Waals surface area contributed by atoms with Gasteiger partial charge in [-0.2, -0.15) is 23.4 Å². The number of benzene rings is 1. The lowest BCUT2D eigenvalue weighted by molar-refractivity contribution is -0.139. The van der Waals surface area contributed by atoms with Gasteiger partial charge in [0.1, 0.15) is 0 Å². The summed E-state index contributed by atoms with van der Waals surface area (Å²) in [4.78, 5) is 28.3. The van der Waals surface area contributed by atoms with Crippen LogP contribution in [0.25, 0.3) is 0 Å². The maximum Gasteiger partial charge on any atom is 0.416 e. The number of allylic oxidation sites excluding steroid dienone is 2. The SMILES string of the molecule is CC[C@@]1(c2cccc(C(F)(F)F)c2)C2=CN=NC2NC2=C1C(=O)C[C@@]1(CCN(C)C1=O)C2. The molecular formula is C23H23F3N4O2. The van der Waals surface area contributed by atoms with Crippen molar-refractivity contribution in [2.45, 2.75) is 50.4 Å². The minimum atomic E-state index is -4.51. The third-order valence-corrected chi connectivity index (χ3v) is 7.44. The quantitative estimate of drug-likeness (QED) is 0.747. The van der Waals surface area contributed by atoms with E-state index < -0.39 is 28.7 Å². The van der Waals surface area contributed by atoms with Crippen LogP contribution >= 0.6 is 0 Å². The molecule has 1 spiro atoms. The number of fused-ring (bicyclic) bond motifs is 1. The molecule has 3 atom stereocenters. The van der Waals surface area contributed by atoms with Crippen LogP contribution in [0.1, 0.15) is 43.7 Å². The van der Waals surface area contributed by atoms with Gasteiger partial charge in [0.2, 0.25) is 5.91 Å². The van der Waals surface area contributed by atoms with Crippen LogP contribution in [0.5, 0.6) is 0 Å². The van der Waals surface area contributed by atoms with Gasteiger partial charge >= 0.3 is 6.18 Å². The third kappa shape index (κ3) is 2.72. The zero-order valence-corrected chi connectivity index (χ0v) is 17.8. The Morgan fingerprint density at radius 3 is 2.69 bits per heavy atom. The minimum absolute atomic E-state index is 0.0592. The van der Waals surface area contributed by atoms with Gasteiger partial charge < -0.3 is 10.2 Å². The number of alkyl halides is 3. The highest BCUT2D eigenvalue weighted by Crippen LogP contribution is 2.55. The number of hydrogen-bond donors (Lipinski definition) is 1. The molecule has 0 bridgehead atoms. The Balaban J connectivity index is 1.72. The number of Topliss-reactive ketones (excluding diaryl/α,β-unsaturated/α-hetero) is 1. The van der Waals surface area contributed by atoms with Crippen LogP contribution in [0.3, 0.4) is 0 Å². The molecule has 1 N–H and O–H groups in total. The Bertz CT molecular complexity index is 1120. The zero-order chi connectivity index (χ0) is 22.9. The molecule has 6 nitrogen and oxygen atoms in total. The maximum atomic E-state index is 13.7. The fourth-order valence-electron chi connectivity index (χ4n) is 5.91. The van der Waals surface area contributed by atoms with Crippen molar-refractivity contribution < 1.29 is 22.8 Å². The number of amides is 1. The van der Waals surface area contributed by atoms with Crippen LogP contribution in [-0.2, 0) is 21.2 Å². The highest BCUT2D eigenvalue weighted by Gasteiger charge is 2.57. The van der Waals surface area contributed by atoms with Gasteiger partial charge in [0, 0.05) is 43.3 Å². The average molecular weight is 444 g/mol. The topological polar surface area (TPSA) is 74.1 Å². The standard InChI is InChI=1S/C23H23F3N4O2/c1-3-22(13-5-4-6-14(9-13)23(24,25)26)15-12-27-29-19(15)28-16-10-21(11-17(31)18(16)22)7-8-30(2)20(21)32/h4-6,9,12,19,28H,3,7-8,10-11H2,1-2H3/t19?,21-,22-/m1/s1. The molecule has 1 amide bonds. The largest absolute Gasteiger partial charge is 0.416 e. The smallest absolute Gasteiger partial charge is 0.362 e. The predicted molar refractivity (Wildman–Crippen MR) is 109 cm³/mol. The molecule has 3 heterocycles. The summed E-state index contributed by atoms with van der Waals surface area (Å²) in [6, 6.07) is 5.17. The Morgan fingerprint density at radius 1 is 1.25 bits per heavy atom. The number of carbonyl (C=O) groups is 2. The first-order chi connectivity index (χ1) is 15.1. The molecule has 5 rings (SSSR count). The molecule has 4 aliphatic rings. The van der Waals surface area contributed by atoms with E-state index in [1.165, 1.54) is 6.07 Å². The number of halogens is 3. The van der Waals surface area contributed by atoms with Crippen molar-refractivity contribution in [3.05, 3.63) is 58.4 Å². The number of nitrogens with one attached hydrogen (secondary N) is 1. The lowest BCUT2D eigenvalue weighted by atomic mass is 9.58. The monoisotopic (exact) mass is 444 g/mol. The van der Waals surface area contributed by atoms with Gasteiger partial charge in [-0.15, -0.1) is 0 Å². The van der Waals surface area contributed by atoms with Crippen molar-refractivity contribution in [2.75, 3.05) is 13.6 Å². The Morgan fingerprint density at radius 2 is 2.03 bits per heavy atom. The lowest BCUT2D eigenvalue weighted by Gasteiger charge is -2.48. The highest BCUT2D eigenvalue weighted by atomic mass is 19.4. The van der Waals surface area contributed by atoms with E-state index in [2.05, 4.69) is 15.5 Å². The van der Waals surface area contributed by atoms with Gasteiger partial charge in [-0.25, -0.2) is 0 Å². The molecule has 32 heavy (non-hydrogen) atoms. The predicted octanol–water partition coefficient (Wildman–Crippen LogP) is 4.10. The van der Waals surface area contributed by atoms with Crippen LogP contribution in [0, 0.1) is 5.41 Å². The summed E-state index contributed by atoms with van der Waals surface area (Å²) in [5.41, 5.74) is -0.539. The molecule has 1 aromatic rings. The van der Waals surface area contributed by atoms with Gasteiger partial charge in [-0.3, -0.25) is 9.59 Å². The van der Waals surface area contributed by atoms with Crippen molar-refractivity contribution in [2.24, 2.45) is 15.6 Å². The number of hydrogen-bond acceptors (Lipinski definition) is 5. The molecule has 0 aromatic heterocycles. The van der Waals surface area contributed by atoms with Gasteiger partial charge in [-0.1, -0.05) is 25.1 Å². The zero-order valence-electron chi connectivity index (χ0n) is 17.8. The maximum absolute atomic E-state index is 13.7. The van der Waals surface area contributed by atoms with Gasteiger partial charge in [0.05, 0.1) is 22.6 Å². The number of ketones is 1. The number of rotatable bonds is 2. The van der Waals surface area contributed by atoms with Crippen LogP contribution in [0.15, 0.2) is 57.5 Å². The number of carbonyl (C=O) groups excluding carboxylic acids is 2. The van der Waals surface area contributed by atoms with E-state index >= 15 is 0 Å². The molecule has 1 aromatic carbocycles. The van der Waals surface area contributed by atoms with Crippen LogP contribution < -0.4 is 5.32 Å². The molecule has 1 saturated heterocycles. The Labute approximate surface area is 183 Å². The lowest BCUT2D eigenvalue weighted by Crippen LogP contribution is -2.53. The molecular weight excluding hydrogens is 421 g/mol. The van der Waals surface area contributed by atoms with Gasteiger partial charge in [0.25, 0.3) is 0 Å². The van der Waals surface area contributed by atoms with Crippen LogP contribution in [-0.4, -0.2) is 36.3 Å².